The van der Waals surface area contributed by atoms with Crippen molar-refractivity contribution in [3.8, 4) is 0 Å². The van der Waals surface area contributed by atoms with E-state index in [4.69, 9.17) is 4.74 Å². The summed E-state index contributed by atoms with van der Waals surface area (Å²) < 4.78 is 5.99. The van der Waals surface area contributed by atoms with E-state index < -0.39 is 0 Å². The maximum absolute atomic E-state index is 9.79. The van der Waals surface area contributed by atoms with E-state index in [1.54, 1.807) is 0 Å². The number of hydrogen-bond donors (Lipinski definition) is 2. The molecule has 0 saturated heterocycles. The van der Waals surface area contributed by atoms with Crippen LogP contribution in [-0.2, 0) is 4.74 Å². The molecule has 3 nitrogen and oxygen atoms in total. The van der Waals surface area contributed by atoms with Crippen LogP contribution in [0.4, 0.5) is 0 Å². The van der Waals surface area contributed by atoms with Crippen LogP contribution in [0.25, 0.3) is 0 Å². The fraction of sp³-hybridized carbons (Fsp3) is 1.00. The van der Waals surface area contributed by atoms with E-state index in [0.717, 1.165) is 6.42 Å². The van der Waals surface area contributed by atoms with Gasteiger partial charge < -0.3 is 15.2 Å². The van der Waals surface area contributed by atoms with Crippen molar-refractivity contribution in [3.05, 3.63) is 0 Å². The Bertz CT molecular complexity index is 239. The van der Waals surface area contributed by atoms with Gasteiger partial charge in [-0.15, -0.1) is 0 Å². The molecule has 1 fully saturated rings. The highest BCUT2D eigenvalue weighted by Crippen LogP contribution is 2.40. The van der Waals surface area contributed by atoms with Crippen LogP contribution in [0.5, 0.6) is 0 Å². The molecule has 2 N–H and O–H groups in total. The molecule has 108 valence electrons. The van der Waals surface area contributed by atoms with E-state index in [0.29, 0.717) is 24.5 Å². The second-order valence-electron chi connectivity index (χ2n) is 6.64. The highest BCUT2D eigenvalue weighted by atomic mass is 16.5. The number of nitrogens with one attached hydrogen (secondary N) is 1. The van der Waals surface area contributed by atoms with Gasteiger partial charge in [-0.3, -0.25) is 0 Å². The molecule has 0 heterocycles. The predicted octanol–water partition coefficient (Wildman–Crippen LogP) is 2.58. The SMILES string of the molecule is CC(C)CC(C)OCC(CO)(NC(C)C)C1CC1. The van der Waals surface area contributed by atoms with Gasteiger partial charge in [-0.05, 0) is 38.0 Å². The molecular formula is C15H31NO2. The van der Waals surface area contributed by atoms with E-state index in [1.807, 2.05) is 0 Å². The van der Waals surface area contributed by atoms with E-state index >= 15 is 0 Å². The van der Waals surface area contributed by atoms with Crippen molar-refractivity contribution in [2.24, 2.45) is 11.8 Å². The third-order valence-electron chi connectivity index (χ3n) is 3.65. The Balaban J connectivity index is 2.50. The lowest BCUT2D eigenvalue weighted by molar-refractivity contribution is -0.0210. The molecular weight excluding hydrogens is 226 g/mol. The number of ether oxygens (including phenoxy) is 1. The summed E-state index contributed by atoms with van der Waals surface area (Å²) in [6, 6.07) is 0.377. The van der Waals surface area contributed by atoms with Crippen molar-refractivity contribution in [1.82, 2.24) is 5.32 Å². The van der Waals surface area contributed by atoms with Gasteiger partial charge in [0, 0.05) is 6.04 Å². The lowest BCUT2D eigenvalue weighted by atomic mass is 9.94. The molecule has 0 aromatic heterocycles. The van der Waals surface area contributed by atoms with Gasteiger partial charge in [-0.25, -0.2) is 0 Å². The molecule has 0 spiro atoms. The average molecular weight is 257 g/mol. The summed E-state index contributed by atoms with van der Waals surface area (Å²) in [6.07, 6.45) is 3.77. The van der Waals surface area contributed by atoms with Crippen LogP contribution in [0.15, 0.2) is 0 Å². The van der Waals surface area contributed by atoms with Crippen LogP contribution in [0, 0.1) is 11.8 Å². The van der Waals surface area contributed by atoms with Gasteiger partial charge in [0.15, 0.2) is 0 Å². The predicted molar refractivity (Wildman–Crippen MR) is 75.7 cm³/mol. The fourth-order valence-electron chi connectivity index (χ4n) is 2.73. The molecule has 1 saturated carbocycles. The molecule has 0 radical (unpaired) electrons. The summed E-state index contributed by atoms with van der Waals surface area (Å²) in [4.78, 5) is 0. The Morgan fingerprint density at radius 1 is 1.22 bits per heavy atom. The van der Waals surface area contributed by atoms with E-state index in [-0.39, 0.29) is 18.2 Å². The molecule has 2 atom stereocenters. The van der Waals surface area contributed by atoms with Crippen molar-refractivity contribution >= 4 is 0 Å². The first kappa shape index (κ1) is 15.9. The van der Waals surface area contributed by atoms with Crippen molar-refractivity contribution in [2.45, 2.75) is 71.6 Å². The summed E-state index contributed by atoms with van der Waals surface area (Å²) >= 11 is 0. The lowest BCUT2D eigenvalue weighted by Crippen LogP contribution is -2.57. The molecule has 0 aromatic carbocycles. The largest absolute Gasteiger partial charge is 0.394 e. The summed E-state index contributed by atoms with van der Waals surface area (Å²) in [6.45, 7) is 11.6. The van der Waals surface area contributed by atoms with E-state index in [1.165, 1.54) is 12.8 Å². The number of hydrogen-bond acceptors (Lipinski definition) is 3. The molecule has 0 bridgehead atoms. The zero-order valence-corrected chi connectivity index (χ0v) is 12.7. The van der Waals surface area contributed by atoms with Gasteiger partial charge in [0.05, 0.1) is 24.9 Å². The second-order valence-corrected chi connectivity index (χ2v) is 6.64. The highest BCUT2D eigenvalue weighted by Gasteiger charge is 2.45. The molecule has 0 amide bonds. The van der Waals surface area contributed by atoms with Crippen LogP contribution >= 0.6 is 0 Å². The van der Waals surface area contributed by atoms with E-state index in [2.05, 4.69) is 39.9 Å². The van der Waals surface area contributed by atoms with Crippen molar-refractivity contribution in [2.75, 3.05) is 13.2 Å². The molecule has 3 heteroatoms. The molecule has 0 aliphatic heterocycles. The fourth-order valence-corrected chi connectivity index (χ4v) is 2.73. The van der Waals surface area contributed by atoms with Crippen LogP contribution < -0.4 is 5.32 Å². The van der Waals surface area contributed by atoms with Crippen LogP contribution in [0.1, 0.15) is 53.9 Å². The van der Waals surface area contributed by atoms with Gasteiger partial charge in [-0.2, -0.15) is 0 Å². The minimum absolute atomic E-state index is 0.171. The van der Waals surface area contributed by atoms with Crippen LogP contribution in [-0.4, -0.2) is 36.0 Å². The molecule has 18 heavy (non-hydrogen) atoms. The van der Waals surface area contributed by atoms with Crippen molar-refractivity contribution in [1.29, 1.82) is 0 Å². The maximum atomic E-state index is 9.79. The maximum Gasteiger partial charge on any atom is 0.0681 e. The Kier molecular flexibility index (Phi) is 6.09. The Hall–Kier alpha value is -0.120. The smallest absolute Gasteiger partial charge is 0.0681 e. The summed E-state index contributed by atoms with van der Waals surface area (Å²) in [7, 11) is 0. The van der Waals surface area contributed by atoms with Crippen molar-refractivity contribution in [3.63, 3.8) is 0 Å². The van der Waals surface area contributed by atoms with Gasteiger partial charge >= 0.3 is 0 Å². The normalized spacial score (nSPS) is 21.3. The van der Waals surface area contributed by atoms with Crippen molar-refractivity contribution < 1.29 is 9.84 Å². The van der Waals surface area contributed by atoms with Gasteiger partial charge in [0.1, 0.15) is 0 Å². The minimum Gasteiger partial charge on any atom is -0.394 e. The third kappa shape index (κ3) is 4.87. The number of aliphatic hydroxyl groups is 1. The molecule has 1 aliphatic rings. The zero-order chi connectivity index (χ0) is 13.8. The van der Waals surface area contributed by atoms with Crippen LogP contribution in [0.3, 0.4) is 0 Å². The zero-order valence-electron chi connectivity index (χ0n) is 12.7. The first-order chi connectivity index (χ1) is 8.39. The third-order valence-corrected chi connectivity index (χ3v) is 3.65. The molecule has 1 aliphatic carbocycles. The number of aliphatic hydroxyl groups excluding tert-OH is 1. The Morgan fingerprint density at radius 2 is 1.83 bits per heavy atom. The quantitative estimate of drug-likeness (QED) is 0.667. The van der Waals surface area contributed by atoms with Crippen LogP contribution in [0.2, 0.25) is 0 Å². The first-order valence-corrected chi connectivity index (χ1v) is 7.39. The first-order valence-electron chi connectivity index (χ1n) is 7.39. The summed E-state index contributed by atoms with van der Waals surface area (Å²) in [5, 5.41) is 13.3. The minimum atomic E-state index is -0.223. The molecule has 2 unspecified atom stereocenters. The highest BCUT2D eigenvalue weighted by molar-refractivity contribution is 5.01. The molecule has 0 aromatic rings. The Morgan fingerprint density at radius 3 is 2.22 bits per heavy atom. The number of rotatable bonds is 9. The van der Waals surface area contributed by atoms with Gasteiger partial charge in [0.25, 0.3) is 0 Å². The summed E-state index contributed by atoms with van der Waals surface area (Å²) in [5.41, 5.74) is -0.223. The lowest BCUT2D eigenvalue weighted by Gasteiger charge is -2.36. The van der Waals surface area contributed by atoms with Gasteiger partial charge in [-0.1, -0.05) is 27.7 Å². The monoisotopic (exact) mass is 257 g/mol. The summed E-state index contributed by atoms with van der Waals surface area (Å²) in [5.74, 6) is 1.23. The Labute approximate surface area is 112 Å². The second kappa shape index (κ2) is 6.88. The van der Waals surface area contributed by atoms with Gasteiger partial charge in [0.2, 0.25) is 0 Å². The average Bonchev–Trinajstić information content (AvgIpc) is 3.06. The van der Waals surface area contributed by atoms with E-state index in [9.17, 15) is 5.11 Å². The molecule has 1 rings (SSSR count). The topological polar surface area (TPSA) is 41.5 Å². The standard InChI is InChI=1S/C15H31NO2/c1-11(2)8-13(5)18-10-15(9-17,14-6-7-14)16-12(3)4/h11-14,16-17H,6-10H2,1-5H3.